The van der Waals surface area contributed by atoms with Crippen LogP contribution in [0.25, 0.3) is 9.69 Å². The van der Waals surface area contributed by atoms with Crippen LogP contribution in [-0.4, -0.2) is 5.78 Å². The van der Waals surface area contributed by atoms with Crippen molar-refractivity contribution in [1.29, 1.82) is 0 Å². The molecule has 0 radical (unpaired) electrons. The zero-order chi connectivity index (χ0) is 27.3. The molecule has 0 aliphatic carbocycles. The Labute approximate surface area is 220 Å². The van der Waals surface area contributed by atoms with Crippen LogP contribution in [0.4, 0.5) is 20.2 Å². The fourth-order valence-corrected chi connectivity index (χ4v) is 4.46. The lowest BCUT2D eigenvalue weighted by Gasteiger charge is -2.25. The Hall–Kier alpha value is -4.65. The van der Waals surface area contributed by atoms with Crippen molar-refractivity contribution < 1.29 is 18.3 Å². The molecule has 1 aliphatic rings. The summed E-state index contributed by atoms with van der Waals surface area (Å²) in [5, 5.41) is 0. The summed E-state index contributed by atoms with van der Waals surface area (Å²) in [5.41, 5.74) is 5.42. The van der Waals surface area contributed by atoms with Crippen LogP contribution >= 0.6 is 0 Å². The van der Waals surface area contributed by atoms with E-state index in [1.807, 2.05) is 26.0 Å². The lowest BCUT2D eigenvalue weighted by Crippen LogP contribution is -2.22. The number of carbonyl (C=O) groups excluding carboxylic acids is 1. The van der Waals surface area contributed by atoms with Crippen LogP contribution in [0.15, 0.2) is 84.9 Å². The van der Waals surface area contributed by atoms with Gasteiger partial charge in [-0.15, -0.1) is 0 Å². The molecule has 0 spiro atoms. The highest BCUT2D eigenvalue weighted by Crippen LogP contribution is 2.42. The number of hydrogen-bond donors (Lipinski definition) is 0. The molecule has 0 fully saturated rings. The highest BCUT2D eigenvalue weighted by Gasteiger charge is 2.37. The molecule has 4 aromatic carbocycles. The smallest absolute Gasteiger partial charge is 0.193 e. The van der Waals surface area contributed by atoms with E-state index in [0.29, 0.717) is 35.5 Å². The van der Waals surface area contributed by atoms with Crippen molar-refractivity contribution in [3.8, 4) is 0 Å². The van der Waals surface area contributed by atoms with Gasteiger partial charge in [-0.05, 0) is 72.0 Å². The number of nitrogens with zero attached hydrogens (tertiary/aromatic N) is 2. The summed E-state index contributed by atoms with van der Waals surface area (Å²) >= 11 is 0. The molecule has 1 aliphatic heterocycles. The molecule has 0 N–H and O–H groups in total. The molecule has 1 atom stereocenters. The number of fused-ring (bicyclic) bond motifs is 1. The molecule has 0 bridgehead atoms. The summed E-state index contributed by atoms with van der Waals surface area (Å²) in [5.74, 6) is -0.766. The molecule has 4 nitrogen and oxygen atoms in total. The standard InChI is InChI=1S/2C16H12FNO/c1-16(12-3-5-13(17)6-4-12)15-8-7-14(18-2)9-11(15)10-19-16;1-3-11-10-14(18-2)8-9-15(11)16(19)12-4-6-13(17)7-5-12/h3-9H,10H2,1H3;4-10H,3H2,1H3. The average molecular weight is 507 g/mol. The molecule has 6 heteroatoms. The number of hydrogen-bond acceptors (Lipinski definition) is 2. The van der Waals surface area contributed by atoms with E-state index in [1.165, 1.54) is 36.4 Å². The van der Waals surface area contributed by atoms with E-state index in [-0.39, 0.29) is 17.4 Å². The summed E-state index contributed by atoms with van der Waals surface area (Å²) in [6.45, 7) is 18.4. The van der Waals surface area contributed by atoms with E-state index in [0.717, 1.165) is 22.3 Å². The van der Waals surface area contributed by atoms with Gasteiger partial charge in [-0.3, -0.25) is 4.79 Å². The molecular weight excluding hydrogens is 482 g/mol. The SMILES string of the molecule is [C-]#[N+]c1ccc(C(=O)c2ccc(F)cc2)c(CC)c1.[C-]#[N+]c1ccc2c(c1)COC2(C)c1ccc(F)cc1. The Morgan fingerprint density at radius 1 is 0.868 bits per heavy atom. The van der Waals surface area contributed by atoms with Gasteiger partial charge in [-0.2, -0.15) is 0 Å². The molecular formula is C32H24F2N2O2. The van der Waals surface area contributed by atoms with E-state index in [9.17, 15) is 13.6 Å². The average Bonchev–Trinajstić information content (AvgIpc) is 3.30. The first-order valence-corrected chi connectivity index (χ1v) is 12.0. The van der Waals surface area contributed by atoms with Crippen LogP contribution in [0.3, 0.4) is 0 Å². The maximum Gasteiger partial charge on any atom is 0.193 e. The molecule has 188 valence electrons. The lowest BCUT2D eigenvalue weighted by atomic mass is 9.87. The topological polar surface area (TPSA) is 35.0 Å². The fraction of sp³-hybridized carbons (Fsp3) is 0.156. The van der Waals surface area contributed by atoms with E-state index >= 15 is 0 Å². The number of rotatable bonds is 4. The maximum atomic E-state index is 13.0. The summed E-state index contributed by atoms with van der Waals surface area (Å²) < 4.78 is 31.8. The highest BCUT2D eigenvalue weighted by molar-refractivity contribution is 6.10. The van der Waals surface area contributed by atoms with Crippen LogP contribution in [0.2, 0.25) is 0 Å². The lowest BCUT2D eigenvalue weighted by molar-refractivity contribution is 0.00967. The predicted octanol–water partition coefficient (Wildman–Crippen LogP) is 8.34. The van der Waals surface area contributed by atoms with Crippen molar-refractivity contribution in [1.82, 2.24) is 0 Å². The van der Waals surface area contributed by atoms with Crippen LogP contribution in [0.1, 0.15) is 52.0 Å². The van der Waals surface area contributed by atoms with Crippen LogP contribution < -0.4 is 0 Å². The number of carbonyl (C=O) groups is 1. The van der Waals surface area contributed by atoms with Crippen LogP contribution in [0.5, 0.6) is 0 Å². The third-order valence-corrected chi connectivity index (χ3v) is 6.59. The minimum atomic E-state index is -0.566. The van der Waals surface area contributed by atoms with Gasteiger partial charge in [0.2, 0.25) is 0 Å². The van der Waals surface area contributed by atoms with Crippen LogP contribution in [0, 0.1) is 24.8 Å². The van der Waals surface area contributed by atoms with E-state index in [2.05, 4.69) is 9.69 Å². The zero-order valence-corrected chi connectivity index (χ0v) is 21.0. The highest BCUT2D eigenvalue weighted by atomic mass is 19.1. The minimum absolute atomic E-state index is 0.145. The minimum Gasteiger partial charge on any atom is -0.361 e. The van der Waals surface area contributed by atoms with Gasteiger partial charge in [0.25, 0.3) is 0 Å². The monoisotopic (exact) mass is 506 g/mol. The number of benzene rings is 4. The third-order valence-electron chi connectivity index (χ3n) is 6.59. The first kappa shape index (κ1) is 26.4. The van der Waals surface area contributed by atoms with Gasteiger partial charge in [-0.1, -0.05) is 55.5 Å². The number of ether oxygens (including phenoxy) is 1. The Bertz CT molecular complexity index is 1570. The molecule has 0 aromatic heterocycles. The molecule has 5 rings (SSSR count). The van der Waals surface area contributed by atoms with Crippen molar-refractivity contribution >= 4 is 17.2 Å². The van der Waals surface area contributed by atoms with Crippen molar-refractivity contribution in [3.05, 3.63) is 153 Å². The largest absolute Gasteiger partial charge is 0.361 e. The van der Waals surface area contributed by atoms with E-state index in [1.54, 1.807) is 36.4 Å². The van der Waals surface area contributed by atoms with Crippen molar-refractivity contribution in [2.75, 3.05) is 0 Å². The summed E-state index contributed by atoms with van der Waals surface area (Å²) in [4.78, 5) is 19.1. The van der Waals surface area contributed by atoms with Gasteiger partial charge in [0.05, 0.1) is 19.8 Å². The normalized spacial score (nSPS) is 15.4. The van der Waals surface area contributed by atoms with Crippen molar-refractivity contribution in [3.63, 3.8) is 0 Å². The van der Waals surface area contributed by atoms with E-state index < -0.39 is 5.60 Å². The van der Waals surface area contributed by atoms with Crippen LogP contribution in [-0.2, 0) is 23.4 Å². The Balaban J connectivity index is 0.000000177. The first-order valence-electron chi connectivity index (χ1n) is 12.0. The van der Waals surface area contributed by atoms with E-state index in [4.69, 9.17) is 17.9 Å². The summed E-state index contributed by atoms with van der Waals surface area (Å²) in [6.07, 6.45) is 0.672. The summed E-state index contributed by atoms with van der Waals surface area (Å²) in [7, 11) is 0. The Morgan fingerprint density at radius 2 is 1.45 bits per heavy atom. The van der Waals surface area contributed by atoms with Gasteiger partial charge in [0.1, 0.15) is 17.2 Å². The Kier molecular flexibility index (Phi) is 7.76. The Morgan fingerprint density at radius 3 is 2.05 bits per heavy atom. The third kappa shape index (κ3) is 5.37. The quantitative estimate of drug-likeness (QED) is 0.206. The zero-order valence-electron chi connectivity index (χ0n) is 21.0. The first-order chi connectivity index (χ1) is 18.3. The second kappa shape index (κ2) is 11.2. The molecule has 1 unspecified atom stereocenters. The van der Waals surface area contributed by atoms with Crippen molar-refractivity contribution in [2.24, 2.45) is 0 Å². The van der Waals surface area contributed by atoms with Gasteiger partial charge >= 0.3 is 0 Å². The van der Waals surface area contributed by atoms with Gasteiger partial charge < -0.3 is 4.74 Å². The second-order valence-corrected chi connectivity index (χ2v) is 8.92. The van der Waals surface area contributed by atoms with Crippen molar-refractivity contribution in [2.45, 2.75) is 32.5 Å². The second-order valence-electron chi connectivity index (χ2n) is 8.92. The molecule has 0 saturated heterocycles. The maximum absolute atomic E-state index is 13.0. The predicted molar refractivity (Wildman–Crippen MR) is 142 cm³/mol. The van der Waals surface area contributed by atoms with Gasteiger partial charge in [-0.25, -0.2) is 18.5 Å². The van der Waals surface area contributed by atoms with Gasteiger partial charge in [0, 0.05) is 11.1 Å². The molecule has 4 aromatic rings. The van der Waals surface area contributed by atoms with Gasteiger partial charge in [0.15, 0.2) is 17.2 Å². The number of halogens is 2. The fourth-order valence-electron chi connectivity index (χ4n) is 4.46. The molecule has 0 saturated carbocycles. The summed E-state index contributed by atoms with van der Waals surface area (Å²) in [6, 6.07) is 22.5. The molecule has 38 heavy (non-hydrogen) atoms. The molecule has 0 amide bonds. The number of aryl methyl sites for hydroxylation is 1. The number of ketones is 1. The molecule has 1 heterocycles.